The number of ether oxygens (including phenoxy) is 1. The van der Waals surface area contributed by atoms with Gasteiger partial charge in [0.15, 0.2) is 0 Å². The van der Waals surface area contributed by atoms with Gasteiger partial charge < -0.3 is 9.84 Å². The minimum absolute atomic E-state index is 0.251. The molecular formula is C22H18O3. The van der Waals surface area contributed by atoms with Gasteiger partial charge in [-0.25, -0.2) is 4.79 Å². The van der Waals surface area contributed by atoms with Crippen molar-refractivity contribution in [3.63, 3.8) is 0 Å². The van der Waals surface area contributed by atoms with Gasteiger partial charge in [0.2, 0.25) is 0 Å². The van der Waals surface area contributed by atoms with Crippen LogP contribution in [0.3, 0.4) is 0 Å². The smallest absolute Gasteiger partial charge is 0.336 e. The van der Waals surface area contributed by atoms with E-state index in [1.807, 2.05) is 72.8 Å². The van der Waals surface area contributed by atoms with Crippen molar-refractivity contribution in [3.8, 4) is 5.75 Å². The zero-order valence-electron chi connectivity index (χ0n) is 13.6. The lowest BCUT2D eigenvalue weighted by molar-refractivity contribution is -0.130. The number of aliphatic carboxylic acids is 1. The van der Waals surface area contributed by atoms with Crippen LogP contribution in [0.1, 0.15) is 16.7 Å². The maximum atomic E-state index is 11.6. The average molecular weight is 330 g/mol. The van der Waals surface area contributed by atoms with Gasteiger partial charge in [-0.1, -0.05) is 72.8 Å². The van der Waals surface area contributed by atoms with Gasteiger partial charge in [-0.05, 0) is 34.9 Å². The SMILES string of the molecule is O=C(O)/C(=C/c1cccc(OCc2ccccc2)c1)c1ccccc1. The van der Waals surface area contributed by atoms with Crippen molar-refractivity contribution in [2.45, 2.75) is 6.61 Å². The standard InChI is InChI=1S/C22H18O3/c23-22(24)21(19-11-5-2-6-12-19)15-18-10-7-13-20(14-18)25-16-17-8-3-1-4-9-17/h1-15H,16H2,(H,23,24)/b21-15+. The number of carboxylic acids is 1. The monoisotopic (exact) mass is 330 g/mol. The van der Waals surface area contributed by atoms with E-state index in [-0.39, 0.29) is 5.57 Å². The summed E-state index contributed by atoms with van der Waals surface area (Å²) >= 11 is 0. The number of carboxylic acid groups (broad SMARTS) is 1. The summed E-state index contributed by atoms with van der Waals surface area (Å²) in [6, 6.07) is 26.4. The molecule has 3 rings (SSSR count). The molecule has 0 aromatic heterocycles. The molecule has 0 fully saturated rings. The Bertz CT molecular complexity index is 868. The quantitative estimate of drug-likeness (QED) is 0.517. The second kappa shape index (κ2) is 7.97. The molecule has 0 amide bonds. The molecule has 0 saturated carbocycles. The van der Waals surface area contributed by atoms with E-state index < -0.39 is 5.97 Å². The van der Waals surface area contributed by atoms with E-state index in [2.05, 4.69) is 0 Å². The Morgan fingerprint density at radius 2 is 1.56 bits per heavy atom. The summed E-state index contributed by atoms with van der Waals surface area (Å²) in [5.74, 6) is -0.253. The molecule has 3 nitrogen and oxygen atoms in total. The predicted molar refractivity (Wildman–Crippen MR) is 99.2 cm³/mol. The summed E-state index contributed by atoms with van der Waals surface area (Å²) in [5, 5.41) is 9.51. The number of rotatable bonds is 6. The maximum absolute atomic E-state index is 11.6. The van der Waals surface area contributed by atoms with Crippen molar-refractivity contribution in [3.05, 3.63) is 102 Å². The summed E-state index contributed by atoms with van der Waals surface area (Å²) in [6.45, 7) is 0.471. The molecule has 0 heterocycles. The highest BCUT2D eigenvalue weighted by atomic mass is 16.5. The fraction of sp³-hybridized carbons (Fsp3) is 0.0455. The van der Waals surface area contributed by atoms with Crippen LogP contribution in [0.4, 0.5) is 0 Å². The minimum Gasteiger partial charge on any atom is -0.489 e. The first-order chi connectivity index (χ1) is 12.2. The summed E-state index contributed by atoms with van der Waals surface area (Å²) < 4.78 is 5.80. The number of hydrogen-bond donors (Lipinski definition) is 1. The Hall–Kier alpha value is -3.33. The first kappa shape index (κ1) is 16.5. The molecule has 0 saturated heterocycles. The Kier molecular flexibility index (Phi) is 5.27. The molecule has 1 N–H and O–H groups in total. The lowest BCUT2D eigenvalue weighted by Gasteiger charge is -2.08. The molecule has 3 heteroatoms. The van der Waals surface area contributed by atoms with Crippen LogP contribution in [-0.4, -0.2) is 11.1 Å². The summed E-state index contributed by atoms with van der Waals surface area (Å²) in [7, 11) is 0. The lowest BCUT2D eigenvalue weighted by Crippen LogP contribution is -1.99. The van der Waals surface area contributed by atoms with Crippen LogP contribution in [0.2, 0.25) is 0 Å². The van der Waals surface area contributed by atoms with Gasteiger partial charge in [0.25, 0.3) is 0 Å². The van der Waals surface area contributed by atoms with E-state index in [0.717, 1.165) is 11.1 Å². The van der Waals surface area contributed by atoms with Gasteiger partial charge in [0.05, 0.1) is 5.57 Å². The highest BCUT2D eigenvalue weighted by molar-refractivity contribution is 6.20. The van der Waals surface area contributed by atoms with Crippen LogP contribution in [0, 0.1) is 0 Å². The molecule has 0 bridgehead atoms. The zero-order valence-corrected chi connectivity index (χ0v) is 13.6. The molecule has 3 aromatic carbocycles. The molecular weight excluding hydrogens is 312 g/mol. The van der Waals surface area contributed by atoms with Gasteiger partial charge in [-0.15, -0.1) is 0 Å². The van der Waals surface area contributed by atoms with Crippen molar-refractivity contribution in [1.29, 1.82) is 0 Å². The average Bonchev–Trinajstić information content (AvgIpc) is 2.66. The molecule has 0 radical (unpaired) electrons. The molecule has 0 spiro atoms. The van der Waals surface area contributed by atoms with Crippen LogP contribution < -0.4 is 4.74 Å². The molecule has 3 aromatic rings. The Morgan fingerprint density at radius 3 is 2.24 bits per heavy atom. The first-order valence-electron chi connectivity index (χ1n) is 7.99. The largest absolute Gasteiger partial charge is 0.489 e. The van der Waals surface area contributed by atoms with Crippen molar-refractivity contribution < 1.29 is 14.6 Å². The minimum atomic E-state index is -0.957. The van der Waals surface area contributed by atoms with Crippen molar-refractivity contribution in [1.82, 2.24) is 0 Å². The van der Waals surface area contributed by atoms with E-state index in [1.165, 1.54) is 0 Å². The molecule has 0 atom stereocenters. The lowest BCUT2D eigenvalue weighted by atomic mass is 10.0. The molecule has 0 aliphatic rings. The van der Waals surface area contributed by atoms with Crippen LogP contribution in [0.5, 0.6) is 5.75 Å². The van der Waals surface area contributed by atoms with Crippen molar-refractivity contribution in [2.24, 2.45) is 0 Å². The maximum Gasteiger partial charge on any atom is 0.336 e. The summed E-state index contributed by atoms with van der Waals surface area (Å²) in [4.78, 5) is 11.6. The second-order valence-corrected chi connectivity index (χ2v) is 5.58. The predicted octanol–water partition coefficient (Wildman–Crippen LogP) is 4.89. The fourth-order valence-electron chi connectivity index (χ4n) is 2.49. The Morgan fingerprint density at radius 1 is 0.880 bits per heavy atom. The molecule has 0 aliphatic heterocycles. The van der Waals surface area contributed by atoms with Crippen LogP contribution in [0.25, 0.3) is 11.6 Å². The summed E-state index contributed by atoms with van der Waals surface area (Å²) in [5.41, 5.74) is 2.79. The van der Waals surface area contributed by atoms with E-state index in [4.69, 9.17) is 4.74 Å². The van der Waals surface area contributed by atoms with E-state index in [9.17, 15) is 9.90 Å². The Labute approximate surface area is 146 Å². The molecule has 0 unspecified atom stereocenters. The Balaban J connectivity index is 1.81. The highest BCUT2D eigenvalue weighted by Crippen LogP contribution is 2.22. The normalized spacial score (nSPS) is 11.1. The third-order valence-electron chi connectivity index (χ3n) is 3.73. The number of benzene rings is 3. The van der Waals surface area contributed by atoms with Crippen LogP contribution in [-0.2, 0) is 11.4 Å². The van der Waals surface area contributed by atoms with Gasteiger partial charge in [-0.3, -0.25) is 0 Å². The van der Waals surface area contributed by atoms with Gasteiger partial charge in [-0.2, -0.15) is 0 Å². The van der Waals surface area contributed by atoms with Crippen LogP contribution >= 0.6 is 0 Å². The highest BCUT2D eigenvalue weighted by Gasteiger charge is 2.10. The first-order valence-corrected chi connectivity index (χ1v) is 7.99. The van der Waals surface area contributed by atoms with E-state index in [1.54, 1.807) is 18.2 Å². The molecule has 124 valence electrons. The van der Waals surface area contributed by atoms with Gasteiger partial charge in [0, 0.05) is 0 Å². The van der Waals surface area contributed by atoms with Crippen LogP contribution in [0.15, 0.2) is 84.9 Å². The zero-order chi connectivity index (χ0) is 17.5. The molecule has 25 heavy (non-hydrogen) atoms. The van der Waals surface area contributed by atoms with Gasteiger partial charge >= 0.3 is 5.97 Å². The third kappa shape index (κ3) is 4.58. The van der Waals surface area contributed by atoms with E-state index >= 15 is 0 Å². The second-order valence-electron chi connectivity index (χ2n) is 5.58. The van der Waals surface area contributed by atoms with E-state index in [0.29, 0.717) is 17.9 Å². The topological polar surface area (TPSA) is 46.5 Å². The van der Waals surface area contributed by atoms with Crippen molar-refractivity contribution >= 4 is 17.6 Å². The van der Waals surface area contributed by atoms with Gasteiger partial charge in [0.1, 0.15) is 12.4 Å². The molecule has 0 aliphatic carbocycles. The summed E-state index contributed by atoms with van der Waals surface area (Å²) in [6.07, 6.45) is 1.66. The van der Waals surface area contributed by atoms with Crippen molar-refractivity contribution in [2.75, 3.05) is 0 Å². The fourth-order valence-corrected chi connectivity index (χ4v) is 2.49. The number of carbonyl (C=O) groups is 1. The number of hydrogen-bond acceptors (Lipinski definition) is 2. The third-order valence-corrected chi connectivity index (χ3v) is 3.73.